The third kappa shape index (κ3) is 9.25. The van der Waals surface area contributed by atoms with Crippen molar-refractivity contribution < 1.29 is 39.6 Å². The normalized spacial score (nSPS) is 10.2. The minimum Gasteiger partial charge on any atom is -0.507 e. The van der Waals surface area contributed by atoms with Crippen LogP contribution >= 0.6 is 0 Å². The van der Waals surface area contributed by atoms with E-state index in [1.165, 1.54) is 48.5 Å². The Morgan fingerprint density at radius 2 is 1.20 bits per heavy atom. The molecule has 4 aromatic carbocycles. The third-order valence-electron chi connectivity index (χ3n) is 6.37. The first-order chi connectivity index (χ1) is 21.0. The van der Waals surface area contributed by atoms with Gasteiger partial charge < -0.3 is 25.5 Å². The van der Waals surface area contributed by atoms with Crippen molar-refractivity contribution in [2.45, 2.75) is 19.3 Å². The number of aromatic hydroxyl groups is 1. The van der Waals surface area contributed by atoms with Crippen molar-refractivity contribution in [3.05, 3.63) is 133 Å². The lowest BCUT2D eigenvalue weighted by Gasteiger charge is -2.08. The number of hydrogen-bond acceptors (Lipinski definition) is 10. The average Bonchev–Trinajstić information content (AvgIpc) is 3.01. The van der Waals surface area contributed by atoms with Gasteiger partial charge in [-0.2, -0.15) is 5.90 Å². The van der Waals surface area contributed by atoms with Crippen LogP contribution in [0.1, 0.15) is 37.4 Å². The van der Waals surface area contributed by atoms with Crippen molar-refractivity contribution in [3.8, 4) is 11.5 Å². The second kappa shape index (κ2) is 15.3. The second-order valence-corrected chi connectivity index (χ2v) is 9.31. The van der Waals surface area contributed by atoms with E-state index < -0.39 is 21.8 Å². The molecule has 0 unspecified atom stereocenters. The molecule has 228 valence electrons. The molecule has 0 fully saturated rings. The Kier molecular flexibility index (Phi) is 11.3. The van der Waals surface area contributed by atoms with Crippen molar-refractivity contribution >= 4 is 29.0 Å². The highest BCUT2D eigenvalue weighted by Gasteiger charge is 2.13. The van der Waals surface area contributed by atoms with Gasteiger partial charge in [-0.05, 0) is 66.3 Å². The summed E-state index contributed by atoms with van der Waals surface area (Å²) in [5.74, 6) is 2.53. The van der Waals surface area contributed by atoms with E-state index in [1.807, 2.05) is 0 Å². The predicted molar refractivity (Wildman–Crippen MR) is 159 cm³/mol. The molecule has 0 aromatic heterocycles. The average molecular weight is 605 g/mol. The summed E-state index contributed by atoms with van der Waals surface area (Å²) in [6.45, 7) is 0.529. The molecule has 6 N–H and O–H groups in total. The fraction of sp³-hybridized carbons (Fsp3) is 0.133. The maximum atomic E-state index is 11.1. The molecule has 0 aliphatic rings. The van der Waals surface area contributed by atoms with Crippen molar-refractivity contribution in [2.24, 2.45) is 5.90 Å². The zero-order valence-electron chi connectivity index (χ0n) is 23.1. The van der Waals surface area contributed by atoms with Gasteiger partial charge in [0, 0.05) is 36.5 Å². The van der Waals surface area contributed by atoms with Crippen molar-refractivity contribution in [1.82, 2.24) is 0 Å². The number of aromatic carboxylic acids is 2. The van der Waals surface area contributed by atoms with Gasteiger partial charge in [0.2, 0.25) is 0 Å². The zero-order valence-corrected chi connectivity index (χ0v) is 23.1. The maximum absolute atomic E-state index is 11.1. The number of benzene rings is 4. The number of aryl methyl sites for hydroxylation is 2. The molecule has 14 nitrogen and oxygen atoms in total. The first-order valence-corrected chi connectivity index (χ1v) is 13.0. The molecule has 0 radical (unpaired) electrons. The molecule has 0 saturated heterocycles. The standard InChI is InChI=1S/2C15H14N2O5/c18-14-6-3-11(9-13(14)15(19)20)16-8-7-10-1-4-12(5-2-10)17(21)22;16-22-14-8-5-11(9-13(14)15(18)19)2-1-10-3-6-12(7-4-10)17(20)21/h1-6,9,16,18H,7-8H2,(H,19,20);3-9H,1-2,16H2,(H,18,19). The molecule has 0 bridgehead atoms. The van der Waals surface area contributed by atoms with Crippen LogP contribution in [-0.2, 0) is 19.3 Å². The second-order valence-electron chi connectivity index (χ2n) is 9.31. The van der Waals surface area contributed by atoms with Crippen molar-refractivity contribution in [2.75, 3.05) is 11.9 Å². The van der Waals surface area contributed by atoms with E-state index in [2.05, 4.69) is 10.2 Å². The number of nitro benzene ring substituents is 2. The van der Waals surface area contributed by atoms with Crippen LogP contribution in [0.15, 0.2) is 84.9 Å². The summed E-state index contributed by atoms with van der Waals surface area (Å²) in [4.78, 5) is 46.8. The summed E-state index contributed by atoms with van der Waals surface area (Å²) in [6, 6.07) is 21.5. The molecule has 44 heavy (non-hydrogen) atoms. The molecular weight excluding hydrogens is 576 g/mol. The fourth-order valence-corrected chi connectivity index (χ4v) is 4.03. The van der Waals surface area contributed by atoms with Crippen LogP contribution in [0.3, 0.4) is 0 Å². The zero-order chi connectivity index (χ0) is 32.2. The molecule has 14 heteroatoms. The van der Waals surface area contributed by atoms with E-state index in [1.54, 1.807) is 36.4 Å². The van der Waals surface area contributed by atoms with Gasteiger partial charge in [-0.15, -0.1) is 0 Å². The first kappa shape index (κ1) is 32.5. The maximum Gasteiger partial charge on any atom is 0.339 e. The summed E-state index contributed by atoms with van der Waals surface area (Å²) in [5.41, 5.74) is 3.18. The Bertz CT molecular complexity index is 1640. The predicted octanol–water partition coefficient (Wildman–Crippen LogP) is 4.98. The molecule has 0 amide bonds. The molecule has 0 heterocycles. The van der Waals surface area contributed by atoms with E-state index >= 15 is 0 Å². The number of hydrogen-bond donors (Lipinski definition) is 5. The van der Waals surface area contributed by atoms with E-state index in [-0.39, 0.29) is 34.0 Å². The number of rotatable bonds is 12. The van der Waals surface area contributed by atoms with Gasteiger partial charge in [-0.25, -0.2) is 9.59 Å². The SMILES string of the molecule is NOc1ccc(CCc2ccc([N+](=O)[O-])cc2)cc1C(=O)O.O=C(O)c1cc(NCCc2ccc([N+](=O)[O-])cc2)ccc1O. The van der Waals surface area contributed by atoms with Gasteiger partial charge in [0.1, 0.15) is 16.9 Å². The number of phenols is 1. The van der Waals surface area contributed by atoms with Crippen LogP contribution in [0.4, 0.5) is 17.1 Å². The number of carboxylic acids is 2. The lowest BCUT2D eigenvalue weighted by Crippen LogP contribution is -2.08. The minimum atomic E-state index is -1.20. The van der Waals surface area contributed by atoms with E-state index in [4.69, 9.17) is 16.1 Å². The Hall–Kier alpha value is -6.02. The van der Waals surface area contributed by atoms with Gasteiger partial charge in [0.25, 0.3) is 11.4 Å². The first-order valence-electron chi connectivity index (χ1n) is 13.0. The summed E-state index contributed by atoms with van der Waals surface area (Å²) in [5, 5.41) is 51.6. The molecule has 0 atom stereocenters. The highest BCUT2D eigenvalue weighted by Crippen LogP contribution is 2.22. The van der Waals surface area contributed by atoms with Gasteiger partial charge >= 0.3 is 11.9 Å². The van der Waals surface area contributed by atoms with Crippen LogP contribution in [-0.4, -0.2) is 43.6 Å². The smallest absolute Gasteiger partial charge is 0.339 e. The molecule has 4 rings (SSSR count). The van der Waals surface area contributed by atoms with E-state index in [9.17, 15) is 34.9 Å². The summed E-state index contributed by atoms with van der Waals surface area (Å²) >= 11 is 0. The quantitative estimate of drug-likeness (QED) is 0.0819. The van der Waals surface area contributed by atoms with Crippen molar-refractivity contribution in [1.29, 1.82) is 0 Å². The highest BCUT2D eigenvalue weighted by molar-refractivity contribution is 5.92. The number of nitrogens with one attached hydrogen (secondary N) is 1. The number of carbonyl (C=O) groups is 2. The number of nitrogens with zero attached hydrogens (tertiary/aromatic N) is 2. The molecule has 0 aliphatic carbocycles. The summed E-state index contributed by atoms with van der Waals surface area (Å²) in [7, 11) is 0. The van der Waals surface area contributed by atoms with Gasteiger partial charge in [0.05, 0.1) is 9.85 Å². The van der Waals surface area contributed by atoms with Crippen molar-refractivity contribution in [3.63, 3.8) is 0 Å². The van der Waals surface area contributed by atoms with E-state index in [0.29, 0.717) is 31.5 Å². The number of non-ortho nitro benzene ring substituents is 2. The number of carboxylic acid groups (broad SMARTS) is 2. The van der Waals surface area contributed by atoms with Crippen LogP contribution in [0, 0.1) is 20.2 Å². The van der Waals surface area contributed by atoms with E-state index in [0.717, 1.165) is 16.7 Å². The largest absolute Gasteiger partial charge is 0.507 e. The minimum absolute atomic E-state index is 0.00343. The third-order valence-corrected chi connectivity index (χ3v) is 6.37. The lowest BCUT2D eigenvalue weighted by molar-refractivity contribution is -0.385. The van der Waals surface area contributed by atoms with Gasteiger partial charge in [0.15, 0.2) is 5.75 Å². The van der Waals surface area contributed by atoms with Crippen LogP contribution in [0.2, 0.25) is 0 Å². The Balaban J connectivity index is 0.000000240. The lowest BCUT2D eigenvalue weighted by atomic mass is 10.0. The van der Waals surface area contributed by atoms with Crippen LogP contribution in [0.5, 0.6) is 11.5 Å². The molecule has 4 aromatic rings. The fourth-order valence-electron chi connectivity index (χ4n) is 4.03. The Labute approximate surface area is 250 Å². The van der Waals surface area contributed by atoms with Gasteiger partial charge in [-0.3, -0.25) is 20.2 Å². The topological polar surface area (TPSA) is 228 Å². The number of nitrogens with two attached hydrogens (primary N) is 1. The molecular formula is C30H28N4O10. The molecule has 0 saturated carbocycles. The molecule has 0 aliphatic heterocycles. The van der Waals surface area contributed by atoms with Crippen LogP contribution < -0.4 is 16.1 Å². The van der Waals surface area contributed by atoms with Gasteiger partial charge in [-0.1, -0.05) is 30.3 Å². The Morgan fingerprint density at radius 3 is 1.70 bits per heavy atom. The number of nitro groups is 2. The molecule has 0 spiro atoms. The number of anilines is 1. The summed E-state index contributed by atoms with van der Waals surface area (Å²) in [6.07, 6.45) is 1.87. The monoisotopic (exact) mass is 604 g/mol. The Morgan fingerprint density at radius 1 is 0.705 bits per heavy atom. The van der Waals surface area contributed by atoms with Crippen LogP contribution in [0.25, 0.3) is 0 Å². The summed E-state index contributed by atoms with van der Waals surface area (Å²) < 4.78 is 0. The highest BCUT2D eigenvalue weighted by atomic mass is 16.6.